The summed E-state index contributed by atoms with van der Waals surface area (Å²) in [6, 6.07) is 10.8. The predicted molar refractivity (Wildman–Crippen MR) is 99.0 cm³/mol. The molecule has 0 bridgehead atoms. The zero-order valence-electron chi connectivity index (χ0n) is 14.3. The lowest BCUT2D eigenvalue weighted by atomic mass is 10.1. The third-order valence-electron chi connectivity index (χ3n) is 3.87. The summed E-state index contributed by atoms with van der Waals surface area (Å²) in [6.07, 6.45) is 1.03. The number of hydrogen-bond donors (Lipinski definition) is 4. The van der Waals surface area contributed by atoms with Gasteiger partial charge >= 0.3 is 5.69 Å². The quantitative estimate of drug-likeness (QED) is 0.543. The van der Waals surface area contributed by atoms with Crippen molar-refractivity contribution in [3.05, 3.63) is 52.4 Å². The minimum atomic E-state index is -0.361. The van der Waals surface area contributed by atoms with E-state index in [-0.39, 0.29) is 30.3 Å². The lowest BCUT2D eigenvalue weighted by molar-refractivity contribution is -0.121. The zero-order valence-corrected chi connectivity index (χ0v) is 14.3. The van der Waals surface area contributed by atoms with Crippen molar-refractivity contribution in [3.8, 4) is 0 Å². The smallest absolute Gasteiger partial charge is 0.325 e. The summed E-state index contributed by atoms with van der Waals surface area (Å²) in [5.74, 6) is -0.248. The maximum Gasteiger partial charge on any atom is 0.325 e. The van der Waals surface area contributed by atoms with Gasteiger partial charge in [0.2, 0.25) is 11.8 Å². The van der Waals surface area contributed by atoms with E-state index >= 15 is 0 Å². The zero-order chi connectivity index (χ0) is 18.5. The van der Waals surface area contributed by atoms with Crippen molar-refractivity contribution in [1.82, 2.24) is 15.0 Å². The third-order valence-corrected chi connectivity index (χ3v) is 3.87. The lowest BCUT2D eigenvalue weighted by Crippen LogP contribution is -2.17. The van der Waals surface area contributed by atoms with Crippen molar-refractivity contribution in [2.45, 2.75) is 26.2 Å². The van der Waals surface area contributed by atoms with Gasteiger partial charge < -0.3 is 15.6 Å². The molecule has 2 amide bonds. The molecule has 2 heterocycles. The number of hydrogen-bond acceptors (Lipinski definition) is 4. The van der Waals surface area contributed by atoms with Crippen LogP contribution in [-0.4, -0.2) is 26.8 Å². The molecular weight excluding hydrogens is 334 g/mol. The predicted octanol–water partition coefficient (Wildman–Crippen LogP) is 2.17. The first kappa shape index (κ1) is 17.4. The van der Waals surface area contributed by atoms with Gasteiger partial charge in [0.15, 0.2) is 5.65 Å². The van der Waals surface area contributed by atoms with Gasteiger partial charge in [-0.1, -0.05) is 19.1 Å². The Bertz CT molecular complexity index is 988. The second-order valence-electron chi connectivity index (χ2n) is 5.82. The van der Waals surface area contributed by atoms with Crippen molar-refractivity contribution in [2.75, 3.05) is 10.6 Å². The highest BCUT2D eigenvalue weighted by molar-refractivity contribution is 5.96. The number of aromatic nitrogens is 3. The molecular formula is C18H19N5O3. The van der Waals surface area contributed by atoms with Crippen LogP contribution in [0.3, 0.4) is 0 Å². The molecule has 0 saturated heterocycles. The molecule has 2 aromatic heterocycles. The van der Waals surface area contributed by atoms with Gasteiger partial charge in [0.25, 0.3) is 0 Å². The van der Waals surface area contributed by atoms with Crippen molar-refractivity contribution in [1.29, 1.82) is 0 Å². The van der Waals surface area contributed by atoms with Crippen LogP contribution in [0.25, 0.3) is 11.2 Å². The topological polar surface area (TPSA) is 120 Å². The van der Waals surface area contributed by atoms with Crippen molar-refractivity contribution >= 4 is 34.5 Å². The third kappa shape index (κ3) is 4.35. The molecule has 3 rings (SSSR count). The molecule has 0 unspecified atom stereocenters. The average molecular weight is 353 g/mol. The first-order valence-electron chi connectivity index (χ1n) is 8.31. The molecule has 0 saturated carbocycles. The molecule has 0 fully saturated rings. The summed E-state index contributed by atoms with van der Waals surface area (Å²) in [5.41, 5.74) is 2.45. The van der Waals surface area contributed by atoms with Gasteiger partial charge in [0.05, 0.1) is 5.52 Å². The van der Waals surface area contributed by atoms with Gasteiger partial charge in [-0.3, -0.25) is 14.6 Å². The molecule has 134 valence electrons. The summed E-state index contributed by atoms with van der Waals surface area (Å²) in [7, 11) is 0. The number of aromatic amines is 2. The minimum Gasteiger partial charge on any atom is -0.326 e. The number of carbonyl (C=O) groups is 2. The number of imidazole rings is 1. The molecule has 1 aromatic carbocycles. The molecule has 0 aliphatic carbocycles. The number of nitrogens with zero attached hydrogens (tertiary/aromatic N) is 1. The van der Waals surface area contributed by atoms with Gasteiger partial charge in [-0.15, -0.1) is 0 Å². The molecule has 0 atom stereocenters. The Morgan fingerprint density at radius 1 is 0.962 bits per heavy atom. The average Bonchev–Trinajstić information content (AvgIpc) is 3.00. The summed E-state index contributed by atoms with van der Waals surface area (Å²) >= 11 is 0. The number of carbonyl (C=O) groups excluding carboxylic acids is 2. The first-order chi connectivity index (χ1) is 12.5. The number of rotatable bonds is 6. The van der Waals surface area contributed by atoms with Crippen molar-refractivity contribution < 1.29 is 9.59 Å². The van der Waals surface area contributed by atoms with Crippen LogP contribution in [0.1, 0.15) is 25.3 Å². The maximum absolute atomic E-state index is 12.0. The number of nitrogens with one attached hydrogen (secondary N) is 4. The SMILES string of the molecule is CCc1ccc(NC(=O)CCC(=O)Nc2ccc3[nH]c(=O)[nH]c3n2)cc1. The highest BCUT2D eigenvalue weighted by Gasteiger charge is 2.09. The molecule has 8 heteroatoms. The Hall–Kier alpha value is -3.42. The number of benzene rings is 1. The monoisotopic (exact) mass is 353 g/mol. The van der Waals surface area contributed by atoms with E-state index in [9.17, 15) is 14.4 Å². The van der Waals surface area contributed by atoms with Crippen molar-refractivity contribution in [3.63, 3.8) is 0 Å². The van der Waals surface area contributed by atoms with Gasteiger partial charge in [0.1, 0.15) is 5.82 Å². The van der Waals surface area contributed by atoms with Crippen LogP contribution < -0.4 is 16.3 Å². The molecule has 3 aromatic rings. The van der Waals surface area contributed by atoms with E-state index in [4.69, 9.17) is 0 Å². The highest BCUT2D eigenvalue weighted by atomic mass is 16.2. The largest absolute Gasteiger partial charge is 0.326 e. The fourth-order valence-electron chi connectivity index (χ4n) is 2.47. The van der Waals surface area contributed by atoms with Crippen LogP contribution in [0.15, 0.2) is 41.2 Å². The maximum atomic E-state index is 12.0. The summed E-state index contributed by atoms with van der Waals surface area (Å²) in [5, 5.41) is 5.37. The number of fused-ring (bicyclic) bond motifs is 1. The fourth-order valence-corrected chi connectivity index (χ4v) is 2.47. The van der Waals surface area contributed by atoms with E-state index < -0.39 is 0 Å². The van der Waals surface area contributed by atoms with Gasteiger partial charge in [-0.05, 0) is 36.2 Å². The number of amides is 2. The standard InChI is InChI=1S/C18H19N5O3/c1-2-11-3-5-12(6-4-11)19-15(24)9-10-16(25)21-14-8-7-13-17(22-14)23-18(26)20-13/h3-8H,2,9-10H2,1H3,(H,19,24)(H3,20,21,22,23,25,26). The Balaban J connectivity index is 1.50. The lowest BCUT2D eigenvalue weighted by Gasteiger charge is -2.07. The molecule has 0 aliphatic rings. The number of pyridine rings is 1. The van der Waals surface area contributed by atoms with Crippen LogP contribution in [-0.2, 0) is 16.0 Å². The Morgan fingerprint density at radius 3 is 2.35 bits per heavy atom. The fraction of sp³-hybridized carbons (Fsp3) is 0.222. The van der Waals surface area contributed by atoms with Crippen LogP contribution in [0.4, 0.5) is 11.5 Å². The van der Waals surface area contributed by atoms with Crippen molar-refractivity contribution in [2.24, 2.45) is 0 Å². The van der Waals surface area contributed by atoms with E-state index in [1.54, 1.807) is 12.1 Å². The summed E-state index contributed by atoms with van der Waals surface area (Å²) < 4.78 is 0. The van der Waals surface area contributed by atoms with E-state index in [0.29, 0.717) is 22.7 Å². The summed E-state index contributed by atoms with van der Waals surface area (Å²) in [6.45, 7) is 2.06. The molecule has 8 nitrogen and oxygen atoms in total. The summed E-state index contributed by atoms with van der Waals surface area (Å²) in [4.78, 5) is 44.4. The van der Waals surface area contributed by atoms with Crippen LogP contribution in [0.5, 0.6) is 0 Å². The Labute approximate surface area is 149 Å². The number of anilines is 2. The molecule has 0 radical (unpaired) electrons. The molecule has 26 heavy (non-hydrogen) atoms. The molecule has 0 aliphatic heterocycles. The van der Waals surface area contributed by atoms with Gasteiger partial charge in [0, 0.05) is 18.5 Å². The van der Waals surface area contributed by atoms with Crippen LogP contribution >= 0.6 is 0 Å². The van der Waals surface area contributed by atoms with Crippen LogP contribution in [0.2, 0.25) is 0 Å². The first-order valence-corrected chi connectivity index (χ1v) is 8.31. The highest BCUT2D eigenvalue weighted by Crippen LogP contribution is 2.12. The van der Waals surface area contributed by atoms with Gasteiger partial charge in [-0.25, -0.2) is 9.78 Å². The van der Waals surface area contributed by atoms with Gasteiger partial charge in [-0.2, -0.15) is 0 Å². The Morgan fingerprint density at radius 2 is 1.65 bits per heavy atom. The minimum absolute atomic E-state index is 0.0300. The van der Waals surface area contributed by atoms with E-state index in [1.807, 2.05) is 24.3 Å². The van der Waals surface area contributed by atoms with E-state index in [2.05, 4.69) is 32.5 Å². The second kappa shape index (κ2) is 7.64. The second-order valence-corrected chi connectivity index (χ2v) is 5.82. The van der Waals surface area contributed by atoms with E-state index in [0.717, 1.165) is 6.42 Å². The van der Waals surface area contributed by atoms with E-state index in [1.165, 1.54) is 5.56 Å². The molecule has 4 N–H and O–H groups in total. The number of aryl methyl sites for hydroxylation is 1. The van der Waals surface area contributed by atoms with Crippen LogP contribution in [0, 0.1) is 0 Å². The number of H-pyrrole nitrogens is 2. The Kier molecular flexibility index (Phi) is 5.12. The molecule has 0 spiro atoms. The normalized spacial score (nSPS) is 10.7.